The van der Waals surface area contributed by atoms with Crippen molar-refractivity contribution >= 4 is 23.2 Å². The van der Waals surface area contributed by atoms with Crippen molar-refractivity contribution in [1.29, 1.82) is 0 Å². The van der Waals surface area contributed by atoms with Gasteiger partial charge >= 0.3 is 11.8 Å². The number of hydrogen-bond acceptors (Lipinski definition) is 7. The first-order valence-corrected chi connectivity index (χ1v) is 10.6. The van der Waals surface area contributed by atoms with Crippen LogP contribution in [0.3, 0.4) is 0 Å². The molecule has 0 bridgehead atoms. The minimum absolute atomic E-state index is 0.00473. The molecule has 2 aliphatic heterocycles. The standard InChI is InChI=1S/C23H23N5O4/c1-2-28-18-9-8-16(14-19(18)31-15-20(28)29)21-24-22(32-25-21)23(30)27-12-10-26(11-13-27)17-6-4-3-5-7-17/h3-9,14H,2,10-13,15H2,1H3. The van der Waals surface area contributed by atoms with Crippen molar-refractivity contribution < 1.29 is 18.8 Å². The number of benzene rings is 2. The van der Waals surface area contributed by atoms with Crippen LogP contribution in [-0.2, 0) is 4.79 Å². The molecular weight excluding hydrogens is 410 g/mol. The van der Waals surface area contributed by atoms with Crippen molar-refractivity contribution in [3.8, 4) is 17.1 Å². The molecule has 0 radical (unpaired) electrons. The van der Waals surface area contributed by atoms with Crippen LogP contribution in [0.4, 0.5) is 11.4 Å². The molecule has 9 nitrogen and oxygen atoms in total. The molecule has 3 heterocycles. The number of ether oxygens (including phenoxy) is 1. The highest BCUT2D eigenvalue weighted by atomic mass is 16.5. The Hall–Kier alpha value is -3.88. The number of rotatable bonds is 4. The van der Waals surface area contributed by atoms with Gasteiger partial charge in [0.2, 0.25) is 5.82 Å². The summed E-state index contributed by atoms with van der Waals surface area (Å²) in [5.41, 5.74) is 2.52. The summed E-state index contributed by atoms with van der Waals surface area (Å²) in [6.07, 6.45) is 0. The zero-order valence-corrected chi connectivity index (χ0v) is 17.7. The summed E-state index contributed by atoms with van der Waals surface area (Å²) in [6, 6.07) is 15.5. The average molecular weight is 433 g/mol. The number of piperazine rings is 1. The third kappa shape index (κ3) is 3.66. The number of likely N-dealkylation sites (N-methyl/N-ethyl adjacent to an activating group) is 1. The predicted octanol–water partition coefficient (Wildman–Crippen LogP) is 2.44. The Morgan fingerprint density at radius 1 is 1.06 bits per heavy atom. The molecule has 0 spiro atoms. The third-order valence-corrected chi connectivity index (χ3v) is 5.77. The van der Waals surface area contributed by atoms with Gasteiger partial charge in [0.05, 0.1) is 5.69 Å². The summed E-state index contributed by atoms with van der Waals surface area (Å²) in [7, 11) is 0. The Bertz CT molecular complexity index is 1140. The molecular formula is C23H23N5O4. The summed E-state index contributed by atoms with van der Waals surface area (Å²) in [4.78, 5) is 34.8. The van der Waals surface area contributed by atoms with Crippen LogP contribution >= 0.6 is 0 Å². The van der Waals surface area contributed by atoms with Crippen molar-refractivity contribution in [2.24, 2.45) is 0 Å². The number of hydrogen-bond donors (Lipinski definition) is 0. The number of carbonyl (C=O) groups is 2. The highest BCUT2D eigenvalue weighted by Crippen LogP contribution is 2.35. The van der Waals surface area contributed by atoms with Crippen LogP contribution in [0.25, 0.3) is 11.4 Å². The maximum Gasteiger partial charge on any atom is 0.316 e. The number of carbonyl (C=O) groups excluding carboxylic acids is 2. The maximum absolute atomic E-state index is 12.9. The summed E-state index contributed by atoms with van der Waals surface area (Å²) in [5, 5.41) is 3.99. The van der Waals surface area contributed by atoms with Crippen LogP contribution in [0.5, 0.6) is 5.75 Å². The lowest BCUT2D eigenvalue weighted by atomic mass is 10.1. The van der Waals surface area contributed by atoms with Crippen molar-refractivity contribution in [2.75, 3.05) is 49.1 Å². The normalized spacial score (nSPS) is 16.0. The van der Waals surface area contributed by atoms with E-state index < -0.39 is 0 Å². The molecule has 1 saturated heterocycles. The van der Waals surface area contributed by atoms with E-state index >= 15 is 0 Å². The van der Waals surface area contributed by atoms with Gasteiger partial charge in [0.1, 0.15) is 5.75 Å². The Balaban J connectivity index is 1.28. The second-order valence-electron chi connectivity index (χ2n) is 7.65. The first-order chi connectivity index (χ1) is 15.6. The van der Waals surface area contributed by atoms with E-state index in [1.165, 1.54) is 0 Å². The molecule has 32 heavy (non-hydrogen) atoms. The van der Waals surface area contributed by atoms with E-state index in [0.29, 0.717) is 42.5 Å². The van der Waals surface area contributed by atoms with Crippen LogP contribution in [0.2, 0.25) is 0 Å². The van der Waals surface area contributed by atoms with E-state index in [1.807, 2.05) is 25.1 Å². The van der Waals surface area contributed by atoms with Gasteiger partial charge in [0.15, 0.2) is 6.61 Å². The van der Waals surface area contributed by atoms with E-state index in [2.05, 4.69) is 27.2 Å². The lowest BCUT2D eigenvalue weighted by Gasteiger charge is -2.35. The third-order valence-electron chi connectivity index (χ3n) is 5.77. The fourth-order valence-corrected chi connectivity index (χ4v) is 4.06. The van der Waals surface area contributed by atoms with E-state index in [1.54, 1.807) is 28.0 Å². The summed E-state index contributed by atoms with van der Waals surface area (Å²) < 4.78 is 10.8. The molecule has 0 N–H and O–H groups in total. The molecule has 9 heteroatoms. The molecule has 0 saturated carbocycles. The molecule has 0 unspecified atom stereocenters. The quantitative estimate of drug-likeness (QED) is 0.624. The van der Waals surface area contributed by atoms with Gasteiger partial charge in [0.25, 0.3) is 5.91 Å². The Morgan fingerprint density at radius 3 is 2.59 bits per heavy atom. The zero-order valence-electron chi connectivity index (χ0n) is 17.7. The van der Waals surface area contributed by atoms with Crippen LogP contribution in [0.1, 0.15) is 17.6 Å². The van der Waals surface area contributed by atoms with Gasteiger partial charge in [-0.3, -0.25) is 9.59 Å². The summed E-state index contributed by atoms with van der Waals surface area (Å²) in [5.74, 6) is 0.513. The van der Waals surface area contributed by atoms with Crippen LogP contribution in [-0.4, -0.2) is 66.2 Å². The van der Waals surface area contributed by atoms with Crippen LogP contribution < -0.4 is 14.5 Å². The molecule has 164 valence electrons. The predicted molar refractivity (Wildman–Crippen MR) is 118 cm³/mol. The largest absolute Gasteiger partial charge is 0.482 e. The maximum atomic E-state index is 12.9. The summed E-state index contributed by atoms with van der Waals surface area (Å²) in [6.45, 7) is 5.12. The van der Waals surface area contributed by atoms with E-state index in [9.17, 15) is 9.59 Å². The van der Waals surface area contributed by atoms with Gasteiger partial charge in [-0.1, -0.05) is 23.4 Å². The Labute approximate surface area is 185 Å². The molecule has 5 rings (SSSR count). The number of fused-ring (bicyclic) bond motifs is 1. The topological polar surface area (TPSA) is 92.0 Å². The fraction of sp³-hybridized carbons (Fsp3) is 0.304. The molecule has 2 aliphatic rings. The van der Waals surface area contributed by atoms with Crippen molar-refractivity contribution in [3.63, 3.8) is 0 Å². The smallest absolute Gasteiger partial charge is 0.316 e. The summed E-state index contributed by atoms with van der Waals surface area (Å²) >= 11 is 0. The van der Waals surface area contributed by atoms with Crippen LogP contribution in [0.15, 0.2) is 53.1 Å². The number of nitrogens with zero attached hydrogens (tertiary/aromatic N) is 5. The van der Waals surface area contributed by atoms with E-state index in [4.69, 9.17) is 9.26 Å². The Morgan fingerprint density at radius 2 is 1.84 bits per heavy atom. The van der Waals surface area contributed by atoms with Crippen molar-refractivity contribution in [2.45, 2.75) is 6.92 Å². The van der Waals surface area contributed by atoms with Gasteiger partial charge in [-0.2, -0.15) is 4.98 Å². The van der Waals surface area contributed by atoms with Crippen molar-refractivity contribution in [3.05, 3.63) is 54.4 Å². The number of para-hydroxylation sites is 1. The minimum atomic E-state index is -0.270. The first-order valence-electron chi connectivity index (χ1n) is 10.6. The van der Waals surface area contributed by atoms with Crippen LogP contribution in [0, 0.1) is 0 Å². The zero-order chi connectivity index (χ0) is 22.1. The van der Waals surface area contributed by atoms with E-state index in [0.717, 1.165) is 18.8 Å². The lowest BCUT2D eigenvalue weighted by molar-refractivity contribution is -0.121. The molecule has 0 aliphatic carbocycles. The van der Waals surface area contributed by atoms with Crippen molar-refractivity contribution in [1.82, 2.24) is 15.0 Å². The van der Waals surface area contributed by atoms with Gasteiger partial charge < -0.3 is 24.0 Å². The first kappa shape index (κ1) is 20.0. The Kier molecular flexibility index (Phi) is 5.22. The van der Waals surface area contributed by atoms with E-state index in [-0.39, 0.29) is 24.3 Å². The SMILES string of the molecule is CCN1C(=O)COc2cc(-c3noc(C(=O)N4CCN(c5ccccc5)CC4)n3)ccc21. The second kappa shape index (κ2) is 8.33. The molecule has 0 atom stereocenters. The molecule has 2 aromatic carbocycles. The van der Waals surface area contributed by atoms with Gasteiger partial charge in [0, 0.05) is 44.0 Å². The molecule has 2 amide bonds. The number of aromatic nitrogens is 2. The molecule has 1 aromatic heterocycles. The fourth-order valence-electron chi connectivity index (χ4n) is 4.06. The van der Waals surface area contributed by atoms with Gasteiger partial charge in [-0.15, -0.1) is 0 Å². The van der Waals surface area contributed by atoms with Gasteiger partial charge in [-0.05, 0) is 37.3 Å². The average Bonchev–Trinajstić information content (AvgIpc) is 3.34. The number of amides is 2. The highest BCUT2D eigenvalue weighted by molar-refractivity contribution is 5.98. The minimum Gasteiger partial charge on any atom is -0.482 e. The lowest BCUT2D eigenvalue weighted by Crippen LogP contribution is -2.48. The molecule has 3 aromatic rings. The monoisotopic (exact) mass is 433 g/mol. The van der Waals surface area contributed by atoms with Gasteiger partial charge in [-0.25, -0.2) is 0 Å². The second-order valence-corrected chi connectivity index (χ2v) is 7.65. The molecule has 1 fully saturated rings. The highest BCUT2D eigenvalue weighted by Gasteiger charge is 2.28. The number of anilines is 2.